The number of benzene rings is 2. The number of methoxy groups -OCH3 is 1. The third-order valence-electron chi connectivity index (χ3n) is 2.70. The molecular formula is C15H15BrO3. The number of halogens is 1. The Bertz CT molecular complexity index is 555. The maximum atomic E-state index is 9.07. The molecule has 0 bridgehead atoms. The van der Waals surface area contributed by atoms with Gasteiger partial charge in [0.15, 0.2) is 0 Å². The lowest BCUT2D eigenvalue weighted by atomic mass is 10.2. The van der Waals surface area contributed by atoms with Crippen molar-refractivity contribution < 1.29 is 14.6 Å². The molecule has 0 unspecified atom stereocenters. The molecule has 1 N–H and O–H groups in total. The lowest BCUT2D eigenvalue weighted by Crippen LogP contribution is -1.97. The number of rotatable bonds is 5. The molecule has 3 nitrogen and oxygen atoms in total. The van der Waals surface area contributed by atoms with Crippen molar-refractivity contribution >= 4 is 15.9 Å². The Morgan fingerprint density at radius 3 is 2.63 bits per heavy atom. The molecule has 0 saturated heterocycles. The van der Waals surface area contributed by atoms with Gasteiger partial charge in [-0.25, -0.2) is 0 Å². The summed E-state index contributed by atoms with van der Waals surface area (Å²) in [6, 6.07) is 13.2. The predicted octanol–water partition coefficient (Wildman–Crippen LogP) is 3.53. The third-order valence-corrected chi connectivity index (χ3v) is 3.32. The summed E-state index contributed by atoms with van der Waals surface area (Å²) < 4.78 is 11.8. The van der Waals surface area contributed by atoms with Gasteiger partial charge in [0.05, 0.1) is 18.2 Å². The van der Waals surface area contributed by atoms with E-state index >= 15 is 0 Å². The van der Waals surface area contributed by atoms with Crippen molar-refractivity contribution in [1.29, 1.82) is 0 Å². The molecular weight excluding hydrogens is 308 g/mol. The molecule has 100 valence electrons. The number of hydrogen-bond donors (Lipinski definition) is 1. The molecule has 0 aliphatic carbocycles. The summed E-state index contributed by atoms with van der Waals surface area (Å²) in [5.74, 6) is 1.55. The van der Waals surface area contributed by atoms with Crippen molar-refractivity contribution in [3.05, 3.63) is 58.1 Å². The Hall–Kier alpha value is -1.52. The van der Waals surface area contributed by atoms with E-state index in [1.54, 1.807) is 7.11 Å². The van der Waals surface area contributed by atoms with Crippen LogP contribution in [0.15, 0.2) is 46.9 Å². The van der Waals surface area contributed by atoms with Crippen molar-refractivity contribution in [1.82, 2.24) is 0 Å². The molecule has 0 aliphatic heterocycles. The first-order valence-corrected chi connectivity index (χ1v) is 6.67. The smallest absolute Gasteiger partial charge is 0.133 e. The molecule has 2 rings (SSSR count). The predicted molar refractivity (Wildman–Crippen MR) is 77.4 cm³/mol. The lowest BCUT2D eigenvalue weighted by molar-refractivity contribution is 0.278. The monoisotopic (exact) mass is 322 g/mol. The van der Waals surface area contributed by atoms with Gasteiger partial charge in [0.1, 0.15) is 18.1 Å². The largest absolute Gasteiger partial charge is 0.496 e. The summed E-state index contributed by atoms with van der Waals surface area (Å²) in [5, 5.41) is 9.07. The van der Waals surface area contributed by atoms with E-state index in [2.05, 4.69) is 15.9 Å². The molecule has 0 amide bonds. The average Bonchev–Trinajstić information content (AvgIpc) is 2.45. The van der Waals surface area contributed by atoms with E-state index in [1.165, 1.54) is 0 Å². The zero-order chi connectivity index (χ0) is 13.7. The first-order chi connectivity index (χ1) is 9.22. The minimum atomic E-state index is 0.0191. The minimum absolute atomic E-state index is 0.0191. The van der Waals surface area contributed by atoms with Crippen LogP contribution < -0.4 is 9.47 Å². The van der Waals surface area contributed by atoms with Gasteiger partial charge >= 0.3 is 0 Å². The quantitative estimate of drug-likeness (QED) is 0.915. The lowest BCUT2D eigenvalue weighted by Gasteiger charge is -2.09. The molecule has 2 aromatic rings. The van der Waals surface area contributed by atoms with Crippen molar-refractivity contribution in [3.8, 4) is 11.5 Å². The van der Waals surface area contributed by atoms with Gasteiger partial charge in [0, 0.05) is 0 Å². The average molecular weight is 323 g/mol. The molecule has 19 heavy (non-hydrogen) atoms. The zero-order valence-corrected chi connectivity index (χ0v) is 12.2. The minimum Gasteiger partial charge on any atom is -0.496 e. The highest BCUT2D eigenvalue weighted by molar-refractivity contribution is 9.10. The van der Waals surface area contributed by atoms with Crippen LogP contribution in [0.3, 0.4) is 0 Å². The van der Waals surface area contributed by atoms with Gasteiger partial charge in [0.2, 0.25) is 0 Å². The van der Waals surface area contributed by atoms with Crippen LogP contribution in [-0.2, 0) is 13.2 Å². The Kier molecular flexibility index (Phi) is 4.82. The molecule has 0 fully saturated rings. The third kappa shape index (κ3) is 3.72. The van der Waals surface area contributed by atoms with Crippen LogP contribution in [0.2, 0.25) is 0 Å². The molecule has 0 saturated carbocycles. The fraction of sp³-hybridized carbons (Fsp3) is 0.200. The molecule has 0 atom stereocenters. The number of hydrogen-bond acceptors (Lipinski definition) is 3. The standard InChI is InChI=1S/C15H15BrO3/c1-18-15-6-5-12(8-14(15)16)10-19-13-4-2-3-11(7-13)9-17/h2-8,17H,9-10H2,1H3. The number of ether oxygens (including phenoxy) is 2. The summed E-state index contributed by atoms with van der Waals surface area (Å²) in [6.45, 7) is 0.489. The Balaban J connectivity index is 2.03. The molecule has 0 radical (unpaired) electrons. The molecule has 2 aromatic carbocycles. The van der Waals surface area contributed by atoms with Gasteiger partial charge < -0.3 is 14.6 Å². The molecule has 0 aromatic heterocycles. The van der Waals surface area contributed by atoms with Crippen LogP contribution >= 0.6 is 15.9 Å². The van der Waals surface area contributed by atoms with Crippen molar-refractivity contribution in [2.24, 2.45) is 0 Å². The summed E-state index contributed by atoms with van der Waals surface area (Å²) in [6.07, 6.45) is 0. The normalized spacial score (nSPS) is 10.3. The maximum Gasteiger partial charge on any atom is 0.133 e. The van der Waals surface area contributed by atoms with E-state index < -0.39 is 0 Å². The van der Waals surface area contributed by atoms with Gasteiger partial charge in [-0.2, -0.15) is 0 Å². The van der Waals surface area contributed by atoms with E-state index in [0.717, 1.165) is 27.1 Å². The van der Waals surface area contributed by atoms with Gasteiger partial charge in [-0.05, 0) is 51.3 Å². The van der Waals surface area contributed by atoms with E-state index in [1.807, 2.05) is 42.5 Å². The Morgan fingerprint density at radius 1 is 1.11 bits per heavy atom. The van der Waals surface area contributed by atoms with Crippen LogP contribution in [0.1, 0.15) is 11.1 Å². The van der Waals surface area contributed by atoms with E-state index in [9.17, 15) is 0 Å². The first kappa shape index (κ1) is 13.9. The SMILES string of the molecule is COc1ccc(COc2cccc(CO)c2)cc1Br. The van der Waals surface area contributed by atoms with Crippen LogP contribution in [0.5, 0.6) is 11.5 Å². The maximum absolute atomic E-state index is 9.07. The van der Waals surface area contributed by atoms with Gasteiger partial charge in [-0.15, -0.1) is 0 Å². The van der Waals surface area contributed by atoms with Crippen LogP contribution in [0.25, 0.3) is 0 Å². The molecule has 0 spiro atoms. The van der Waals surface area contributed by atoms with Gasteiger partial charge in [-0.3, -0.25) is 0 Å². The Morgan fingerprint density at radius 2 is 1.95 bits per heavy atom. The van der Waals surface area contributed by atoms with Crippen molar-refractivity contribution in [2.75, 3.05) is 7.11 Å². The summed E-state index contributed by atoms with van der Waals surface area (Å²) >= 11 is 3.44. The highest BCUT2D eigenvalue weighted by Crippen LogP contribution is 2.26. The highest BCUT2D eigenvalue weighted by Gasteiger charge is 2.02. The molecule has 4 heteroatoms. The van der Waals surface area contributed by atoms with Gasteiger partial charge in [0.25, 0.3) is 0 Å². The van der Waals surface area contributed by atoms with Crippen molar-refractivity contribution in [3.63, 3.8) is 0 Å². The summed E-state index contributed by atoms with van der Waals surface area (Å²) in [4.78, 5) is 0. The first-order valence-electron chi connectivity index (χ1n) is 5.88. The topological polar surface area (TPSA) is 38.7 Å². The fourth-order valence-corrected chi connectivity index (χ4v) is 2.29. The van der Waals surface area contributed by atoms with Crippen molar-refractivity contribution in [2.45, 2.75) is 13.2 Å². The summed E-state index contributed by atoms with van der Waals surface area (Å²) in [7, 11) is 1.64. The zero-order valence-electron chi connectivity index (χ0n) is 10.6. The van der Waals surface area contributed by atoms with Gasteiger partial charge in [-0.1, -0.05) is 18.2 Å². The van der Waals surface area contributed by atoms with E-state index in [4.69, 9.17) is 14.6 Å². The molecule has 0 heterocycles. The second-order valence-corrected chi connectivity index (χ2v) is 4.92. The number of aliphatic hydroxyl groups is 1. The molecule has 0 aliphatic rings. The summed E-state index contributed by atoms with van der Waals surface area (Å²) in [5.41, 5.74) is 1.88. The second-order valence-electron chi connectivity index (χ2n) is 4.06. The van der Waals surface area contributed by atoms with Crippen LogP contribution in [0, 0.1) is 0 Å². The highest BCUT2D eigenvalue weighted by atomic mass is 79.9. The Labute approximate surface area is 120 Å². The van der Waals surface area contributed by atoms with Crippen LogP contribution in [-0.4, -0.2) is 12.2 Å². The number of aliphatic hydroxyl groups excluding tert-OH is 1. The van der Waals surface area contributed by atoms with Crippen LogP contribution in [0.4, 0.5) is 0 Å². The fourth-order valence-electron chi connectivity index (χ4n) is 1.70. The van der Waals surface area contributed by atoms with E-state index in [0.29, 0.717) is 6.61 Å². The van der Waals surface area contributed by atoms with E-state index in [-0.39, 0.29) is 6.61 Å². The second kappa shape index (κ2) is 6.59.